The third-order valence-electron chi connectivity index (χ3n) is 6.63. The van der Waals surface area contributed by atoms with Crippen LogP contribution < -0.4 is 10.6 Å². The smallest absolute Gasteiger partial charge is 0.326 e. The number of aliphatic carboxylic acids is 1. The number of fused-ring (bicyclic) bond motifs is 1. The minimum atomic E-state index is -1.10. The summed E-state index contributed by atoms with van der Waals surface area (Å²) < 4.78 is 5.87. The SMILES string of the molecule is Cc1cncc(Cl)c1C(=O)N[C@@H](CCOC1CC(CCc2ccc3c(n2)NCCC3)C1)C(=O)O. The van der Waals surface area contributed by atoms with Gasteiger partial charge in [-0.1, -0.05) is 17.7 Å². The first-order valence-electron chi connectivity index (χ1n) is 11.9. The Morgan fingerprint density at radius 2 is 2.15 bits per heavy atom. The van der Waals surface area contributed by atoms with Crippen molar-refractivity contribution < 1.29 is 19.4 Å². The van der Waals surface area contributed by atoms with Crippen molar-refractivity contribution in [3.8, 4) is 0 Å². The Balaban J connectivity index is 1.17. The van der Waals surface area contributed by atoms with Gasteiger partial charge in [0.15, 0.2) is 0 Å². The van der Waals surface area contributed by atoms with Crippen LogP contribution in [0.5, 0.6) is 0 Å². The number of nitrogens with zero attached hydrogens (tertiary/aromatic N) is 2. The van der Waals surface area contributed by atoms with Gasteiger partial charge in [0.25, 0.3) is 5.91 Å². The molecule has 0 aromatic carbocycles. The lowest BCUT2D eigenvalue weighted by molar-refractivity contribution is -0.140. The quantitative estimate of drug-likeness (QED) is 0.468. The van der Waals surface area contributed by atoms with E-state index in [1.807, 2.05) is 0 Å². The van der Waals surface area contributed by atoms with Crippen LogP contribution in [0.4, 0.5) is 5.82 Å². The Morgan fingerprint density at radius 3 is 2.91 bits per heavy atom. The summed E-state index contributed by atoms with van der Waals surface area (Å²) in [5.74, 6) is 0.0212. The number of anilines is 1. The molecule has 4 rings (SSSR count). The van der Waals surface area contributed by atoms with E-state index in [1.165, 1.54) is 18.0 Å². The Kier molecular flexibility index (Phi) is 8.00. The first-order chi connectivity index (χ1) is 16.4. The number of carboxylic acids is 1. The zero-order valence-electron chi connectivity index (χ0n) is 19.3. The fourth-order valence-corrected chi connectivity index (χ4v) is 4.86. The van der Waals surface area contributed by atoms with Crippen LogP contribution in [0.15, 0.2) is 24.5 Å². The molecule has 2 aromatic heterocycles. The van der Waals surface area contributed by atoms with Crippen LogP contribution in [0.1, 0.15) is 59.3 Å². The number of hydrogen-bond donors (Lipinski definition) is 3. The highest BCUT2D eigenvalue weighted by Gasteiger charge is 2.30. The molecule has 3 N–H and O–H groups in total. The predicted molar refractivity (Wildman–Crippen MR) is 129 cm³/mol. The number of hydrogen-bond acceptors (Lipinski definition) is 6. The van der Waals surface area contributed by atoms with Gasteiger partial charge in [-0.25, -0.2) is 9.78 Å². The predicted octanol–water partition coefficient (Wildman–Crippen LogP) is 3.80. The second-order valence-corrected chi connectivity index (χ2v) is 9.58. The van der Waals surface area contributed by atoms with Crippen LogP contribution in [-0.2, 0) is 22.4 Å². The van der Waals surface area contributed by atoms with Crippen molar-refractivity contribution in [1.29, 1.82) is 0 Å². The molecule has 1 atom stereocenters. The van der Waals surface area contributed by atoms with Crippen molar-refractivity contribution >= 4 is 29.3 Å². The van der Waals surface area contributed by atoms with E-state index >= 15 is 0 Å². The summed E-state index contributed by atoms with van der Waals surface area (Å²) in [4.78, 5) is 32.9. The number of carbonyl (C=O) groups excluding carboxylic acids is 1. The molecule has 0 unspecified atom stereocenters. The monoisotopic (exact) mass is 486 g/mol. The molecule has 1 aliphatic heterocycles. The summed E-state index contributed by atoms with van der Waals surface area (Å²) in [6.07, 6.45) is 9.46. The van der Waals surface area contributed by atoms with Crippen molar-refractivity contribution in [2.45, 2.75) is 64.0 Å². The van der Waals surface area contributed by atoms with Crippen molar-refractivity contribution in [3.63, 3.8) is 0 Å². The van der Waals surface area contributed by atoms with Gasteiger partial charge >= 0.3 is 5.97 Å². The Morgan fingerprint density at radius 1 is 1.32 bits per heavy atom. The highest BCUT2D eigenvalue weighted by atomic mass is 35.5. The molecule has 2 aliphatic rings. The topological polar surface area (TPSA) is 113 Å². The molecule has 3 heterocycles. The minimum absolute atomic E-state index is 0.144. The maximum atomic E-state index is 12.5. The fourth-order valence-electron chi connectivity index (χ4n) is 4.57. The average Bonchev–Trinajstić information content (AvgIpc) is 2.78. The van der Waals surface area contributed by atoms with Crippen molar-refractivity contribution in [3.05, 3.63) is 51.9 Å². The zero-order valence-corrected chi connectivity index (χ0v) is 20.1. The second kappa shape index (κ2) is 11.1. The molecular weight excluding hydrogens is 456 g/mol. The third kappa shape index (κ3) is 6.04. The molecule has 0 bridgehead atoms. The number of amides is 1. The van der Waals surface area contributed by atoms with Crippen LogP contribution in [-0.4, -0.2) is 52.2 Å². The van der Waals surface area contributed by atoms with E-state index in [0.717, 1.165) is 56.6 Å². The molecule has 8 nitrogen and oxygen atoms in total. The molecule has 182 valence electrons. The van der Waals surface area contributed by atoms with Crippen molar-refractivity contribution in [2.24, 2.45) is 5.92 Å². The van der Waals surface area contributed by atoms with E-state index in [2.05, 4.69) is 27.8 Å². The standard InChI is InChI=1S/C25H31ClN4O4/c1-15-13-27-14-20(26)22(15)24(31)30-21(25(32)33)8-10-34-19-11-16(12-19)4-6-18-7-5-17-3-2-9-28-23(17)29-18/h5,7,13-14,16,19,21H,2-4,6,8-12H2,1H3,(H,28,29)(H,30,31)(H,32,33)/t16?,19?,21-/m0/s1. The lowest BCUT2D eigenvalue weighted by Gasteiger charge is -2.35. The maximum absolute atomic E-state index is 12.5. The Labute approximate surface area is 204 Å². The second-order valence-electron chi connectivity index (χ2n) is 9.18. The van der Waals surface area contributed by atoms with Gasteiger partial charge in [-0.2, -0.15) is 0 Å². The van der Waals surface area contributed by atoms with Gasteiger partial charge in [0.05, 0.1) is 16.7 Å². The fraction of sp³-hybridized carbons (Fsp3) is 0.520. The first-order valence-corrected chi connectivity index (χ1v) is 12.3. The number of ether oxygens (including phenoxy) is 1. The highest BCUT2D eigenvalue weighted by molar-refractivity contribution is 6.33. The van der Waals surface area contributed by atoms with Crippen LogP contribution in [0.3, 0.4) is 0 Å². The van der Waals surface area contributed by atoms with Gasteiger partial charge in [0.1, 0.15) is 11.9 Å². The molecule has 9 heteroatoms. The number of carboxylic acid groups (broad SMARTS) is 1. The molecule has 2 aromatic rings. The van der Waals surface area contributed by atoms with Gasteiger partial charge < -0.3 is 20.5 Å². The summed E-state index contributed by atoms with van der Waals surface area (Å²) in [6.45, 7) is 2.97. The Hall–Kier alpha value is -2.71. The molecule has 1 aliphatic carbocycles. The molecule has 1 amide bonds. The summed E-state index contributed by atoms with van der Waals surface area (Å²) >= 11 is 6.07. The zero-order chi connectivity index (χ0) is 24.1. The van der Waals surface area contributed by atoms with E-state index in [0.29, 0.717) is 11.5 Å². The van der Waals surface area contributed by atoms with Crippen LogP contribution in [0.25, 0.3) is 0 Å². The lowest BCUT2D eigenvalue weighted by atomic mass is 9.79. The van der Waals surface area contributed by atoms with Gasteiger partial charge in [0.2, 0.25) is 0 Å². The summed E-state index contributed by atoms with van der Waals surface area (Å²) in [5.41, 5.74) is 3.27. The first kappa shape index (κ1) is 24.4. The number of aromatic nitrogens is 2. The van der Waals surface area contributed by atoms with E-state index < -0.39 is 17.9 Å². The van der Waals surface area contributed by atoms with Gasteiger partial charge in [-0.3, -0.25) is 9.78 Å². The number of aryl methyl sites for hydroxylation is 3. The summed E-state index contributed by atoms with van der Waals surface area (Å²) in [5, 5.41) is 15.6. The van der Waals surface area contributed by atoms with Crippen molar-refractivity contribution in [2.75, 3.05) is 18.5 Å². The van der Waals surface area contributed by atoms with Gasteiger partial charge in [0, 0.05) is 37.7 Å². The van der Waals surface area contributed by atoms with E-state index in [4.69, 9.17) is 21.3 Å². The van der Waals surface area contributed by atoms with Crippen LogP contribution >= 0.6 is 11.6 Å². The normalized spacial score (nSPS) is 19.9. The van der Waals surface area contributed by atoms with Crippen molar-refractivity contribution in [1.82, 2.24) is 15.3 Å². The molecule has 1 fully saturated rings. The van der Waals surface area contributed by atoms with E-state index in [-0.39, 0.29) is 29.7 Å². The molecule has 34 heavy (non-hydrogen) atoms. The molecular formula is C25H31ClN4O4. The summed E-state index contributed by atoms with van der Waals surface area (Å²) in [7, 11) is 0. The maximum Gasteiger partial charge on any atom is 0.326 e. The summed E-state index contributed by atoms with van der Waals surface area (Å²) in [6, 6.07) is 3.29. The highest BCUT2D eigenvalue weighted by Crippen LogP contribution is 2.34. The van der Waals surface area contributed by atoms with E-state index in [9.17, 15) is 14.7 Å². The lowest BCUT2D eigenvalue weighted by Crippen LogP contribution is -2.42. The van der Waals surface area contributed by atoms with E-state index in [1.54, 1.807) is 6.92 Å². The molecule has 1 saturated carbocycles. The largest absolute Gasteiger partial charge is 0.480 e. The number of carbonyl (C=O) groups is 2. The average molecular weight is 487 g/mol. The number of halogens is 1. The minimum Gasteiger partial charge on any atom is -0.480 e. The number of rotatable bonds is 10. The third-order valence-corrected chi connectivity index (χ3v) is 6.92. The van der Waals surface area contributed by atoms with Crippen LogP contribution in [0, 0.1) is 12.8 Å². The van der Waals surface area contributed by atoms with Crippen LogP contribution in [0.2, 0.25) is 5.02 Å². The number of pyridine rings is 2. The van der Waals surface area contributed by atoms with Gasteiger partial charge in [-0.05, 0) is 68.6 Å². The molecule has 0 spiro atoms. The Bertz CT molecular complexity index is 1020. The molecule has 0 radical (unpaired) electrons. The van der Waals surface area contributed by atoms with Gasteiger partial charge in [-0.15, -0.1) is 0 Å². The number of nitrogens with one attached hydrogen (secondary N) is 2. The molecule has 0 saturated heterocycles.